The minimum atomic E-state index is -3.24. The highest BCUT2D eigenvalue weighted by Crippen LogP contribution is 2.19. The lowest BCUT2D eigenvalue weighted by Gasteiger charge is -2.36. The van der Waals surface area contributed by atoms with Gasteiger partial charge in [0.15, 0.2) is 0 Å². The Hall–Kier alpha value is -1.71. The Morgan fingerprint density at radius 2 is 1.93 bits per heavy atom. The molecule has 1 aliphatic rings. The normalized spacial score (nSPS) is 20.4. The second kappa shape index (κ2) is 10.2. The fourth-order valence-corrected chi connectivity index (χ4v) is 3.79. The summed E-state index contributed by atoms with van der Waals surface area (Å²) in [7, 11) is -3.24. The number of unbranched alkanes of at least 4 members (excludes halogenated alkanes) is 1. The molecule has 2 unspecified atom stereocenters. The van der Waals surface area contributed by atoms with Crippen molar-refractivity contribution in [2.24, 2.45) is 0 Å². The van der Waals surface area contributed by atoms with Crippen molar-refractivity contribution in [2.75, 3.05) is 29.9 Å². The third-order valence-electron chi connectivity index (χ3n) is 4.53. The zero-order chi connectivity index (χ0) is 20.7. The molecule has 2 rings (SSSR count). The number of hydrogen-bond donors (Lipinski definition) is 2. The number of pyridine rings is 1. The van der Waals surface area contributed by atoms with Crippen LogP contribution in [0.2, 0.25) is 0 Å². The van der Waals surface area contributed by atoms with Crippen LogP contribution in [0.3, 0.4) is 0 Å². The number of sulfonamides is 1. The first-order chi connectivity index (χ1) is 13.2. The van der Waals surface area contributed by atoms with Crippen LogP contribution >= 0.6 is 0 Å². The quantitative estimate of drug-likeness (QED) is 0.603. The van der Waals surface area contributed by atoms with Gasteiger partial charge in [-0.05, 0) is 52.7 Å². The number of aromatic nitrogens is 1. The van der Waals surface area contributed by atoms with Gasteiger partial charge in [0.2, 0.25) is 15.9 Å². The number of nitrogens with one attached hydrogen (secondary N) is 2. The fraction of sp³-hybridized carbons (Fsp3) is 0.684. The second-order valence-corrected chi connectivity index (χ2v) is 9.88. The highest BCUT2D eigenvalue weighted by molar-refractivity contribution is 7.90. The molecule has 9 heteroatoms. The molecule has 1 aromatic rings. The highest BCUT2D eigenvalue weighted by atomic mass is 32.2. The summed E-state index contributed by atoms with van der Waals surface area (Å²) in [5, 5.41) is 2.38. The van der Waals surface area contributed by atoms with Crippen LogP contribution in [0.5, 0.6) is 0 Å². The SMILES string of the molecule is CC1CN(c2ccc(NC(=O)CCCCNS(=O)(=O)C(C)C)cn2)CC(C)O1. The molecular weight excluding hydrogens is 380 g/mol. The van der Waals surface area contributed by atoms with Gasteiger partial charge in [-0.1, -0.05) is 0 Å². The molecule has 1 aromatic heterocycles. The predicted molar refractivity (Wildman–Crippen MR) is 111 cm³/mol. The van der Waals surface area contributed by atoms with Crippen molar-refractivity contribution >= 4 is 27.4 Å². The summed E-state index contributed by atoms with van der Waals surface area (Å²) >= 11 is 0. The van der Waals surface area contributed by atoms with E-state index < -0.39 is 15.3 Å². The average Bonchev–Trinajstić information content (AvgIpc) is 2.61. The van der Waals surface area contributed by atoms with Crippen LogP contribution in [0, 0.1) is 0 Å². The molecule has 1 saturated heterocycles. The molecule has 1 fully saturated rings. The Morgan fingerprint density at radius 3 is 2.50 bits per heavy atom. The number of nitrogens with zero attached hydrogens (tertiary/aromatic N) is 2. The van der Waals surface area contributed by atoms with Crippen LogP contribution in [0.25, 0.3) is 0 Å². The van der Waals surface area contributed by atoms with E-state index >= 15 is 0 Å². The van der Waals surface area contributed by atoms with Gasteiger partial charge in [-0.2, -0.15) is 0 Å². The van der Waals surface area contributed by atoms with Crippen molar-refractivity contribution in [2.45, 2.75) is 64.4 Å². The molecule has 28 heavy (non-hydrogen) atoms. The van der Waals surface area contributed by atoms with Gasteiger partial charge in [0.1, 0.15) is 5.82 Å². The molecule has 0 aliphatic carbocycles. The van der Waals surface area contributed by atoms with Crippen molar-refractivity contribution in [3.63, 3.8) is 0 Å². The Labute approximate surface area is 168 Å². The van der Waals surface area contributed by atoms with Crippen molar-refractivity contribution in [1.82, 2.24) is 9.71 Å². The molecule has 0 radical (unpaired) electrons. The van der Waals surface area contributed by atoms with E-state index in [-0.39, 0.29) is 18.1 Å². The second-order valence-electron chi connectivity index (χ2n) is 7.56. The van der Waals surface area contributed by atoms with Gasteiger partial charge in [-0.15, -0.1) is 0 Å². The number of ether oxygens (including phenoxy) is 1. The van der Waals surface area contributed by atoms with E-state index in [9.17, 15) is 13.2 Å². The molecule has 0 spiro atoms. The Morgan fingerprint density at radius 1 is 1.25 bits per heavy atom. The monoisotopic (exact) mass is 412 g/mol. The minimum absolute atomic E-state index is 0.102. The molecule has 0 saturated carbocycles. The average molecular weight is 413 g/mol. The number of anilines is 2. The van der Waals surface area contributed by atoms with E-state index in [1.165, 1.54) is 0 Å². The van der Waals surface area contributed by atoms with Crippen molar-refractivity contribution in [3.8, 4) is 0 Å². The van der Waals surface area contributed by atoms with Crippen LogP contribution in [-0.4, -0.2) is 56.4 Å². The lowest BCUT2D eigenvalue weighted by Crippen LogP contribution is -2.45. The number of carbonyl (C=O) groups excluding carboxylic acids is 1. The smallest absolute Gasteiger partial charge is 0.224 e. The van der Waals surface area contributed by atoms with Crippen molar-refractivity contribution in [3.05, 3.63) is 18.3 Å². The van der Waals surface area contributed by atoms with E-state index in [1.807, 2.05) is 26.0 Å². The highest BCUT2D eigenvalue weighted by Gasteiger charge is 2.23. The van der Waals surface area contributed by atoms with Gasteiger partial charge in [-0.25, -0.2) is 18.1 Å². The van der Waals surface area contributed by atoms with Crippen LogP contribution in [0.1, 0.15) is 47.0 Å². The van der Waals surface area contributed by atoms with Gasteiger partial charge >= 0.3 is 0 Å². The molecule has 1 amide bonds. The van der Waals surface area contributed by atoms with E-state index in [1.54, 1.807) is 20.0 Å². The third kappa shape index (κ3) is 7.03. The molecule has 2 atom stereocenters. The molecular formula is C19H32N4O4S. The van der Waals surface area contributed by atoms with Crippen molar-refractivity contribution < 1.29 is 17.9 Å². The van der Waals surface area contributed by atoms with Crippen LogP contribution in [-0.2, 0) is 19.6 Å². The first kappa shape index (κ1) is 22.6. The van der Waals surface area contributed by atoms with Crippen LogP contribution < -0.4 is 14.9 Å². The van der Waals surface area contributed by atoms with Gasteiger partial charge in [-0.3, -0.25) is 4.79 Å². The molecule has 158 valence electrons. The maximum atomic E-state index is 12.0. The lowest BCUT2D eigenvalue weighted by molar-refractivity contribution is -0.116. The van der Waals surface area contributed by atoms with Gasteiger partial charge in [0.05, 0.1) is 29.3 Å². The largest absolute Gasteiger partial charge is 0.372 e. The molecule has 0 bridgehead atoms. The molecule has 1 aliphatic heterocycles. The Balaban J connectivity index is 1.72. The number of carbonyl (C=O) groups is 1. The summed E-state index contributed by atoms with van der Waals surface area (Å²) in [6.45, 7) is 9.30. The van der Waals surface area contributed by atoms with E-state index in [4.69, 9.17) is 4.74 Å². The molecule has 2 heterocycles. The lowest BCUT2D eigenvalue weighted by atomic mass is 10.2. The predicted octanol–water partition coefficient (Wildman–Crippen LogP) is 2.13. The zero-order valence-electron chi connectivity index (χ0n) is 17.1. The maximum Gasteiger partial charge on any atom is 0.224 e. The third-order valence-corrected chi connectivity index (χ3v) is 6.38. The van der Waals surface area contributed by atoms with Gasteiger partial charge < -0.3 is 15.0 Å². The Bertz CT molecular complexity index is 727. The summed E-state index contributed by atoms with van der Waals surface area (Å²) in [5.74, 6) is 0.771. The summed E-state index contributed by atoms with van der Waals surface area (Å²) in [6, 6.07) is 3.75. The van der Waals surface area contributed by atoms with Crippen molar-refractivity contribution in [1.29, 1.82) is 0 Å². The Kier molecular flexibility index (Phi) is 8.21. The number of hydrogen-bond acceptors (Lipinski definition) is 6. The topological polar surface area (TPSA) is 101 Å². The minimum Gasteiger partial charge on any atom is -0.372 e. The first-order valence-corrected chi connectivity index (χ1v) is 11.4. The first-order valence-electron chi connectivity index (χ1n) is 9.82. The van der Waals surface area contributed by atoms with E-state index in [0.29, 0.717) is 31.5 Å². The molecule has 2 N–H and O–H groups in total. The fourth-order valence-electron chi connectivity index (χ4n) is 3.03. The summed E-state index contributed by atoms with van der Waals surface area (Å²) < 4.78 is 31.6. The van der Waals surface area contributed by atoms with E-state index in [2.05, 4.69) is 19.9 Å². The summed E-state index contributed by atoms with van der Waals surface area (Å²) in [5.41, 5.74) is 0.656. The zero-order valence-corrected chi connectivity index (χ0v) is 18.0. The van der Waals surface area contributed by atoms with Gasteiger partial charge in [0, 0.05) is 26.1 Å². The summed E-state index contributed by atoms with van der Waals surface area (Å²) in [6.07, 6.45) is 3.55. The van der Waals surface area contributed by atoms with Gasteiger partial charge in [0.25, 0.3) is 0 Å². The van der Waals surface area contributed by atoms with E-state index in [0.717, 1.165) is 18.9 Å². The summed E-state index contributed by atoms with van der Waals surface area (Å²) in [4.78, 5) is 18.7. The maximum absolute atomic E-state index is 12.0. The number of morpholine rings is 1. The van der Waals surface area contributed by atoms with Crippen LogP contribution in [0.15, 0.2) is 18.3 Å². The number of rotatable bonds is 9. The standard InChI is InChI=1S/C19H32N4O4S/c1-14(2)28(25,26)21-10-6-5-7-19(24)22-17-8-9-18(20-11-17)23-12-15(3)27-16(4)13-23/h8-9,11,14-16,21H,5-7,10,12-13H2,1-4H3,(H,22,24). The number of amides is 1. The van der Waals surface area contributed by atoms with Crippen LogP contribution in [0.4, 0.5) is 11.5 Å². The molecule has 0 aromatic carbocycles. The molecule has 8 nitrogen and oxygen atoms in total.